The van der Waals surface area contributed by atoms with Crippen LogP contribution in [0.15, 0.2) is 11.0 Å². The van der Waals surface area contributed by atoms with Crippen LogP contribution in [0.4, 0.5) is 0 Å². The van der Waals surface area contributed by atoms with Crippen LogP contribution >= 0.6 is 0 Å². The second-order valence-corrected chi connectivity index (χ2v) is 9.44. The Morgan fingerprint density at radius 2 is 2.04 bits per heavy atom. The minimum absolute atomic E-state index is 0.0411. The first-order chi connectivity index (χ1) is 11.6. The monoisotopic (exact) mass is 368 g/mol. The molecule has 138 valence electrons. The van der Waals surface area contributed by atoms with E-state index in [0.717, 1.165) is 6.42 Å². The molecule has 25 heavy (non-hydrogen) atoms. The van der Waals surface area contributed by atoms with Gasteiger partial charge in [-0.25, -0.2) is 12.7 Å². The van der Waals surface area contributed by atoms with Crippen LogP contribution in [0.3, 0.4) is 0 Å². The molecular weight excluding hydrogens is 344 g/mol. The molecule has 0 bridgehead atoms. The van der Waals surface area contributed by atoms with Gasteiger partial charge in [0.05, 0.1) is 6.26 Å². The van der Waals surface area contributed by atoms with E-state index in [2.05, 4.69) is 10.3 Å². The Balaban J connectivity index is 1.89. The van der Waals surface area contributed by atoms with Crippen molar-refractivity contribution in [1.29, 1.82) is 0 Å². The largest absolute Gasteiger partial charge is 0.352 e. The van der Waals surface area contributed by atoms with Crippen LogP contribution in [0.2, 0.25) is 0 Å². The molecule has 0 saturated carbocycles. The molecule has 1 spiro atoms. The third kappa shape index (κ3) is 3.35. The molecule has 0 aromatic carbocycles. The van der Waals surface area contributed by atoms with E-state index < -0.39 is 26.9 Å². The van der Waals surface area contributed by atoms with Crippen LogP contribution in [0.25, 0.3) is 0 Å². The number of carbonyl (C=O) groups is 1. The highest BCUT2D eigenvalue weighted by Crippen LogP contribution is 2.41. The lowest BCUT2D eigenvalue weighted by molar-refractivity contribution is 0.0946. The molecule has 0 radical (unpaired) electrons. The fourth-order valence-corrected chi connectivity index (χ4v) is 4.49. The number of aryl methyl sites for hydroxylation is 1. The predicted molar refractivity (Wildman–Crippen MR) is 93.0 cm³/mol. The van der Waals surface area contributed by atoms with Crippen LogP contribution in [-0.2, 0) is 22.0 Å². The summed E-state index contributed by atoms with van der Waals surface area (Å²) in [5, 5.41) is 2.74. The summed E-state index contributed by atoms with van der Waals surface area (Å²) in [6.07, 6.45) is 4.13. The van der Waals surface area contributed by atoms with Crippen LogP contribution in [0, 0.1) is 5.92 Å². The molecule has 2 aliphatic rings. The van der Waals surface area contributed by atoms with Gasteiger partial charge in [0.25, 0.3) is 11.5 Å². The summed E-state index contributed by atoms with van der Waals surface area (Å²) >= 11 is 0. The van der Waals surface area contributed by atoms with Crippen molar-refractivity contribution in [2.45, 2.75) is 38.6 Å². The molecule has 1 aromatic heterocycles. The zero-order chi connectivity index (χ0) is 18.4. The first-order valence-corrected chi connectivity index (χ1v) is 10.3. The Morgan fingerprint density at radius 1 is 1.36 bits per heavy atom. The maximum Gasteiger partial charge on any atom is 0.285 e. The quantitative estimate of drug-likeness (QED) is 0.802. The number of hydrogen-bond acceptors (Lipinski definition) is 5. The number of amides is 1. The molecule has 9 heteroatoms. The molecular formula is C16H24N4O4S. The topological polar surface area (TPSA) is 101 Å². The normalized spacial score (nSPS) is 23.4. The van der Waals surface area contributed by atoms with Crippen LogP contribution in [0.1, 0.15) is 42.9 Å². The van der Waals surface area contributed by atoms with Crippen molar-refractivity contribution < 1.29 is 13.2 Å². The van der Waals surface area contributed by atoms with Gasteiger partial charge in [-0.2, -0.15) is 4.98 Å². The Labute approximate surface area is 147 Å². The Morgan fingerprint density at radius 3 is 2.64 bits per heavy atom. The number of nitrogens with one attached hydrogen (secondary N) is 1. The molecule has 3 heterocycles. The average Bonchev–Trinajstić information content (AvgIpc) is 3.10. The Kier molecular flexibility index (Phi) is 4.48. The lowest BCUT2D eigenvalue weighted by Crippen LogP contribution is -2.37. The number of rotatable bonds is 4. The van der Waals surface area contributed by atoms with E-state index in [-0.39, 0.29) is 11.5 Å². The van der Waals surface area contributed by atoms with E-state index >= 15 is 0 Å². The van der Waals surface area contributed by atoms with Crippen LogP contribution in [0.5, 0.6) is 0 Å². The van der Waals surface area contributed by atoms with Crippen molar-refractivity contribution in [3.8, 4) is 0 Å². The minimum atomic E-state index is -3.26. The summed E-state index contributed by atoms with van der Waals surface area (Å²) in [5.74, 6) is 0.480. The molecule has 1 amide bonds. The second-order valence-electron chi connectivity index (χ2n) is 7.46. The number of hydrogen-bond donors (Lipinski definition) is 1. The lowest BCUT2D eigenvalue weighted by atomic mass is 9.85. The van der Waals surface area contributed by atoms with Gasteiger partial charge >= 0.3 is 0 Å². The lowest BCUT2D eigenvalue weighted by Gasteiger charge is -2.22. The molecule has 3 rings (SSSR count). The minimum Gasteiger partial charge on any atom is -0.352 e. The highest BCUT2D eigenvalue weighted by molar-refractivity contribution is 7.88. The zero-order valence-electron chi connectivity index (χ0n) is 14.8. The third-order valence-electron chi connectivity index (χ3n) is 5.00. The summed E-state index contributed by atoms with van der Waals surface area (Å²) in [6.45, 7) is 5.86. The van der Waals surface area contributed by atoms with E-state index in [9.17, 15) is 18.0 Å². The van der Waals surface area contributed by atoms with Gasteiger partial charge < -0.3 is 9.88 Å². The molecule has 1 atom stereocenters. The molecule has 1 saturated heterocycles. The summed E-state index contributed by atoms with van der Waals surface area (Å²) < 4.78 is 26.9. The van der Waals surface area contributed by atoms with Crippen molar-refractivity contribution in [2.75, 3.05) is 25.9 Å². The van der Waals surface area contributed by atoms with E-state index in [0.29, 0.717) is 38.4 Å². The van der Waals surface area contributed by atoms with Gasteiger partial charge in [-0.05, 0) is 18.8 Å². The smallest absolute Gasteiger partial charge is 0.285 e. The first-order valence-electron chi connectivity index (χ1n) is 8.48. The maximum atomic E-state index is 12.4. The summed E-state index contributed by atoms with van der Waals surface area (Å²) in [5.41, 5.74) is -0.930. The van der Waals surface area contributed by atoms with Crippen molar-refractivity contribution in [3.05, 3.63) is 27.9 Å². The van der Waals surface area contributed by atoms with Gasteiger partial charge in [-0.15, -0.1) is 0 Å². The highest BCUT2D eigenvalue weighted by atomic mass is 32.2. The molecule has 2 aliphatic heterocycles. The van der Waals surface area contributed by atoms with Gasteiger partial charge in [0.2, 0.25) is 10.0 Å². The Hall–Kier alpha value is -1.74. The van der Waals surface area contributed by atoms with Gasteiger partial charge in [0.1, 0.15) is 11.4 Å². The standard InChI is InChI=1S/C16H24N4O4S/c1-11(2)8-17-13(21)12-9-19-6-4-16(15(19)18-14(12)22)5-7-20(10-16)25(3,23)24/h9,11H,4-8,10H2,1-3H3,(H,17,21)/t16-/m1/s1. The molecule has 1 aromatic rings. The molecule has 1 fully saturated rings. The van der Waals surface area contributed by atoms with Crippen LogP contribution < -0.4 is 10.9 Å². The number of sulfonamides is 1. The summed E-state index contributed by atoms with van der Waals surface area (Å²) in [6, 6.07) is 0. The van der Waals surface area contributed by atoms with Crippen LogP contribution in [-0.4, -0.2) is 54.1 Å². The number of carbonyl (C=O) groups excluding carboxylic acids is 1. The molecule has 0 unspecified atom stereocenters. The summed E-state index contributed by atoms with van der Waals surface area (Å²) in [4.78, 5) is 28.8. The first kappa shape index (κ1) is 18.1. The summed E-state index contributed by atoms with van der Waals surface area (Å²) in [7, 11) is -3.26. The third-order valence-corrected chi connectivity index (χ3v) is 6.25. The van der Waals surface area contributed by atoms with E-state index in [1.807, 2.05) is 18.4 Å². The van der Waals surface area contributed by atoms with Gasteiger partial charge in [0.15, 0.2) is 0 Å². The predicted octanol–water partition coefficient (Wildman–Crippen LogP) is -0.0641. The van der Waals surface area contributed by atoms with E-state index in [1.54, 1.807) is 6.20 Å². The SMILES string of the molecule is CC(C)CNC(=O)c1cn2c(nc1=O)[C@@]1(CCN(S(C)(=O)=O)C1)CC2. The van der Waals surface area contributed by atoms with E-state index in [4.69, 9.17) is 0 Å². The fourth-order valence-electron chi connectivity index (χ4n) is 3.58. The van der Waals surface area contributed by atoms with Gasteiger partial charge in [0, 0.05) is 37.8 Å². The number of fused-ring (bicyclic) bond motifs is 2. The zero-order valence-corrected chi connectivity index (χ0v) is 15.6. The average molecular weight is 368 g/mol. The van der Waals surface area contributed by atoms with E-state index in [1.165, 1.54) is 10.6 Å². The van der Waals surface area contributed by atoms with Crippen molar-refractivity contribution in [3.63, 3.8) is 0 Å². The number of aromatic nitrogens is 2. The maximum absolute atomic E-state index is 12.4. The molecule has 1 N–H and O–H groups in total. The van der Waals surface area contributed by atoms with Crippen molar-refractivity contribution >= 4 is 15.9 Å². The van der Waals surface area contributed by atoms with Crippen molar-refractivity contribution in [1.82, 2.24) is 19.2 Å². The molecule has 8 nitrogen and oxygen atoms in total. The van der Waals surface area contributed by atoms with Gasteiger partial charge in [-0.1, -0.05) is 13.8 Å². The van der Waals surface area contributed by atoms with Gasteiger partial charge in [-0.3, -0.25) is 9.59 Å². The number of nitrogens with zero attached hydrogens (tertiary/aromatic N) is 3. The molecule has 0 aliphatic carbocycles. The van der Waals surface area contributed by atoms with Crippen molar-refractivity contribution in [2.24, 2.45) is 5.92 Å². The Bertz CT molecular complexity index is 861. The second kappa shape index (κ2) is 6.21. The highest BCUT2D eigenvalue weighted by Gasteiger charge is 2.48. The fraction of sp³-hybridized carbons (Fsp3) is 0.688.